The summed E-state index contributed by atoms with van der Waals surface area (Å²) in [5.41, 5.74) is 10.4. The van der Waals surface area contributed by atoms with Crippen LogP contribution in [0, 0.1) is 19.3 Å². The average Bonchev–Trinajstić information content (AvgIpc) is 2.62. The van der Waals surface area contributed by atoms with Crippen LogP contribution in [-0.2, 0) is 5.54 Å². The van der Waals surface area contributed by atoms with E-state index in [9.17, 15) is 0 Å². The maximum atomic E-state index is 6.42. The SMILES string of the molecule is Cc1cc(C2(N)CC2(C)C)cc(C)c1Br. The van der Waals surface area contributed by atoms with Crippen LogP contribution in [0.1, 0.15) is 37.0 Å². The molecule has 1 aromatic rings. The summed E-state index contributed by atoms with van der Waals surface area (Å²) in [5, 5.41) is 0. The molecule has 1 fully saturated rings. The Kier molecular flexibility index (Phi) is 2.29. The zero-order chi connectivity index (χ0) is 11.4. The lowest BCUT2D eigenvalue weighted by Crippen LogP contribution is -2.25. The van der Waals surface area contributed by atoms with Gasteiger partial charge in [0.1, 0.15) is 0 Å². The van der Waals surface area contributed by atoms with Gasteiger partial charge < -0.3 is 5.73 Å². The third kappa shape index (κ3) is 1.55. The molecule has 15 heavy (non-hydrogen) atoms. The van der Waals surface area contributed by atoms with Gasteiger partial charge in [0.25, 0.3) is 0 Å². The van der Waals surface area contributed by atoms with Crippen LogP contribution in [0.15, 0.2) is 16.6 Å². The molecule has 0 bridgehead atoms. The predicted octanol–water partition coefficient (Wildman–Crippen LogP) is 3.65. The maximum Gasteiger partial charge on any atom is 0.0468 e. The minimum Gasteiger partial charge on any atom is -0.321 e. The molecule has 0 radical (unpaired) electrons. The van der Waals surface area contributed by atoms with Crippen LogP contribution in [0.4, 0.5) is 0 Å². The first-order chi connectivity index (χ1) is 6.78. The first-order valence-electron chi connectivity index (χ1n) is 5.34. The highest BCUT2D eigenvalue weighted by atomic mass is 79.9. The monoisotopic (exact) mass is 267 g/mol. The van der Waals surface area contributed by atoms with Gasteiger partial charge in [0.05, 0.1) is 0 Å². The minimum absolute atomic E-state index is 0.108. The summed E-state index contributed by atoms with van der Waals surface area (Å²) in [6.07, 6.45) is 1.08. The van der Waals surface area contributed by atoms with Gasteiger partial charge >= 0.3 is 0 Å². The molecule has 1 aromatic carbocycles. The van der Waals surface area contributed by atoms with E-state index in [1.165, 1.54) is 21.2 Å². The molecule has 0 saturated heterocycles. The Morgan fingerprint density at radius 3 is 1.93 bits per heavy atom. The molecule has 1 aliphatic rings. The lowest BCUT2D eigenvalue weighted by atomic mass is 9.94. The largest absolute Gasteiger partial charge is 0.321 e. The summed E-state index contributed by atoms with van der Waals surface area (Å²) in [6.45, 7) is 8.72. The zero-order valence-corrected chi connectivity index (χ0v) is 11.4. The predicted molar refractivity (Wildman–Crippen MR) is 67.9 cm³/mol. The molecular formula is C13H18BrN. The fourth-order valence-corrected chi connectivity index (χ4v) is 2.58. The summed E-state index contributed by atoms with van der Waals surface area (Å²) in [4.78, 5) is 0. The highest BCUT2D eigenvalue weighted by Crippen LogP contribution is 2.60. The molecular weight excluding hydrogens is 250 g/mol. The van der Waals surface area contributed by atoms with Crippen molar-refractivity contribution < 1.29 is 0 Å². The average molecular weight is 268 g/mol. The van der Waals surface area contributed by atoms with E-state index in [1.807, 2.05) is 0 Å². The molecule has 2 rings (SSSR count). The number of benzene rings is 1. The van der Waals surface area contributed by atoms with Crippen LogP contribution in [0.5, 0.6) is 0 Å². The van der Waals surface area contributed by atoms with Crippen molar-refractivity contribution in [3.63, 3.8) is 0 Å². The lowest BCUT2D eigenvalue weighted by Gasteiger charge is -2.18. The first-order valence-corrected chi connectivity index (χ1v) is 6.13. The van der Waals surface area contributed by atoms with Gasteiger partial charge in [-0.2, -0.15) is 0 Å². The fraction of sp³-hybridized carbons (Fsp3) is 0.538. The molecule has 0 heterocycles. The van der Waals surface area contributed by atoms with Crippen molar-refractivity contribution in [2.75, 3.05) is 0 Å². The van der Waals surface area contributed by atoms with Gasteiger partial charge in [-0.1, -0.05) is 41.9 Å². The topological polar surface area (TPSA) is 26.0 Å². The van der Waals surface area contributed by atoms with E-state index in [0.717, 1.165) is 6.42 Å². The number of aryl methyl sites for hydroxylation is 2. The number of hydrogen-bond acceptors (Lipinski definition) is 1. The van der Waals surface area contributed by atoms with E-state index in [-0.39, 0.29) is 11.0 Å². The van der Waals surface area contributed by atoms with Gasteiger partial charge in [-0.25, -0.2) is 0 Å². The number of rotatable bonds is 1. The maximum absolute atomic E-state index is 6.42. The molecule has 0 aromatic heterocycles. The Morgan fingerprint density at radius 2 is 1.60 bits per heavy atom. The van der Waals surface area contributed by atoms with Crippen LogP contribution in [0.3, 0.4) is 0 Å². The zero-order valence-electron chi connectivity index (χ0n) is 9.82. The molecule has 1 unspecified atom stereocenters. The van der Waals surface area contributed by atoms with E-state index in [0.29, 0.717) is 0 Å². The van der Waals surface area contributed by atoms with Crippen molar-refractivity contribution in [3.8, 4) is 0 Å². The lowest BCUT2D eigenvalue weighted by molar-refractivity contribution is 0.509. The summed E-state index contributed by atoms with van der Waals surface area (Å²) in [5.74, 6) is 0. The molecule has 0 aliphatic heterocycles. The summed E-state index contributed by atoms with van der Waals surface area (Å²) < 4.78 is 1.20. The third-order valence-electron chi connectivity index (χ3n) is 3.76. The second kappa shape index (κ2) is 3.08. The van der Waals surface area contributed by atoms with E-state index in [2.05, 4.69) is 55.8 Å². The second-order valence-electron chi connectivity index (χ2n) is 5.46. The molecule has 1 aliphatic carbocycles. The number of nitrogens with two attached hydrogens (primary N) is 1. The molecule has 82 valence electrons. The van der Waals surface area contributed by atoms with Crippen LogP contribution in [0.2, 0.25) is 0 Å². The molecule has 0 spiro atoms. The van der Waals surface area contributed by atoms with E-state index >= 15 is 0 Å². The third-order valence-corrected chi connectivity index (χ3v) is 5.01. The molecule has 1 nitrogen and oxygen atoms in total. The van der Waals surface area contributed by atoms with Crippen molar-refractivity contribution >= 4 is 15.9 Å². The summed E-state index contributed by atoms with van der Waals surface area (Å²) in [7, 11) is 0. The van der Waals surface area contributed by atoms with Gasteiger partial charge in [-0.15, -0.1) is 0 Å². The van der Waals surface area contributed by atoms with Gasteiger partial charge in [-0.3, -0.25) is 0 Å². The highest BCUT2D eigenvalue weighted by Gasteiger charge is 2.59. The van der Waals surface area contributed by atoms with Crippen molar-refractivity contribution in [2.24, 2.45) is 11.1 Å². The Balaban J connectivity index is 2.49. The van der Waals surface area contributed by atoms with Gasteiger partial charge in [0.15, 0.2) is 0 Å². The van der Waals surface area contributed by atoms with E-state index in [1.54, 1.807) is 0 Å². The molecule has 2 heteroatoms. The Hall–Kier alpha value is -0.340. The Bertz CT molecular complexity index is 400. The Labute approximate surface area is 100 Å². The van der Waals surface area contributed by atoms with E-state index < -0.39 is 0 Å². The van der Waals surface area contributed by atoms with Gasteiger partial charge in [0.2, 0.25) is 0 Å². The number of halogens is 1. The van der Waals surface area contributed by atoms with E-state index in [4.69, 9.17) is 5.73 Å². The van der Waals surface area contributed by atoms with Gasteiger partial charge in [0, 0.05) is 10.0 Å². The summed E-state index contributed by atoms with van der Waals surface area (Å²) in [6, 6.07) is 4.43. The van der Waals surface area contributed by atoms with Crippen molar-refractivity contribution in [1.29, 1.82) is 0 Å². The minimum atomic E-state index is -0.108. The van der Waals surface area contributed by atoms with Crippen LogP contribution < -0.4 is 5.73 Å². The van der Waals surface area contributed by atoms with Gasteiger partial charge in [-0.05, 0) is 42.4 Å². The van der Waals surface area contributed by atoms with Crippen LogP contribution >= 0.6 is 15.9 Å². The van der Waals surface area contributed by atoms with Crippen LogP contribution in [-0.4, -0.2) is 0 Å². The number of hydrogen-bond donors (Lipinski definition) is 1. The summed E-state index contributed by atoms with van der Waals surface area (Å²) >= 11 is 3.59. The van der Waals surface area contributed by atoms with Crippen molar-refractivity contribution in [2.45, 2.75) is 39.7 Å². The van der Waals surface area contributed by atoms with Crippen molar-refractivity contribution in [3.05, 3.63) is 33.3 Å². The van der Waals surface area contributed by atoms with Crippen molar-refractivity contribution in [1.82, 2.24) is 0 Å². The normalized spacial score (nSPS) is 27.9. The smallest absolute Gasteiger partial charge is 0.0468 e. The molecule has 1 saturated carbocycles. The molecule has 2 N–H and O–H groups in total. The van der Waals surface area contributed by atoms with Crippen LogP contribution in [0.25, 0.3) is 0 Å². The standard InChI is InChI=1S/C13H18BrN/c1-8-5-10(6-9(2)11(8)14)13(15)7-12(13,3)4/h5-6H,7,15H2,1-4H3. The molecule has 0 amide bonds. The quantitative estimate of drug-likeness (QED) is 0.826. The fourth-order valence-electron chi connectivity index (χ4n) is 2.35. The molecule has 1 atom stereocenters. The second-order valence-corrected chi connectivity index (χ2v) is 6.25. The highest BCUT2D eigenvalue weighted by molar-refractivity contribution is 9.10. The Morgan fingerprint density at radius 1 is 1.20 bits per heavy atom. The first kappa shape index (κ1) is 11.2.